The lowest BCUT2D eigenvalue weighted by Crippen LogP contribution is -2.40. The maximum atomic E-state index is 12.8. The molecule has 0 radical (unpaired) electrons. The van der Waals surface area contributed by atoms with Crippen LogP contribution in [0.15, 0.2) is 36.4 Å². The molecule has 0 spiro atoms. The van der Waals surface area contributed by atoms with E-state index in [4.69, 9.17) is 18.9 Å². The van der Waals surface area contributed by atoms with Crippen molar-refractivity contribution in [2.75, 3.05) is 61.2 Å². The van der Waals surface area contributed by atoms with Gasteiger partial charge in [0.05, 0.1) is 35.0 Å². The Kier molecular flexibility index (Phi) is 10.2. The Hall–Kier alpha value is -3.46. The molecule has 0 atom stereocenters. The van der Waals surface area contributed by atoms with Crippen LogP contribution >= 0.6 is 0 Å². The van der Waals surface area contributed by atoms with Gasteiger partial charge >= 0.3 is 0 Å². The fraction of sp³-hybridized carbons (Fsp3) is 0.481. The number of nitrogens with zero attached hydrogens (tertiary/aromatic N) is 2. The lowest BCUT2D eigenvalue weighted by Gasteiger charge is -2.22. The van der Waals surface area contributed by atoms with Crippen molar-refractivity contribution in [3.63, 3.8) is 0 Å². The molecule has 0 bridgehead atoms. The molecule has 9 nitrogen and oxygen atoms in total. The number of methoxy groups -OCH3 is 4. The molecule has 1 fully saturated rings. The Labute approximate surface area is 213 Å². The van der Waals surface area contributed by atoms with Gasteiger partial charge in [0.1, 0.15) is 11.5 Å². The molecular weight excluding hydrogens is 462 g/mol. The molecule has 0 aliphatic carbocycles. The number of carbonyl (C=O) groups excluding carboxylic acids is 2. The molecule has 1 saturated heterocycles. The third kappa shape index (κ3) is 7.52. The summed E-state index contributed by atoms with van der Waals surface area (Å²) in [4.78, 5) is 29.4. The van der Waals surface area contributed by atoms with E-state index in [0.29, 0.717) is 56.3 Å². The highest BCUT2D eigenvalue weighted by atomic mass is 16.5. The van der Waals surface area contributed by atoms with Gasteiger partial charge in [0, 0.05) is 50.8 Å². The predicted octanol–water partition coefficient (Wildman–Crippen LogP) is 2.50. The molecule has 2 aromatic carbocycles. The second-order valence-electron chi connectivity index (χ2n) is 8.65. The number of rotatable bonds is 11. The Morgan fingerprint density at radius 1 is 0.833 bits per heavy atom. The van der Waals surface area contributed by atoms with Gasteiger partial charge < -0.3 is 29.2 Å². The van der Waals surface area contributed by atoms with Gasteiger partial charge in [-0.3, -0.25) is 14.5 Å². The average molecular weight is 500 g/mol. The molecular formula is C27H37N3O6. The van der Waals surface area contributed by atoms with Gasteiger partial charge in [0.15, 0.2) is 11.5 Å². The highest BCUT2D eigenvalue weighted by Crippen LogP contribution is 2.34. The first-order valence-corrected chi connectivity index (χ1v) is 12.2. The van der Waals surface area contributed by atoms with Crippen molar-refractivity contribution >= 4 is 11.8 Å². The standard InChI is InChI=1S/C27H37N3O6/c1-33-22-9-6-20(7-10-22)8-11-27(32)30-13-5-12-29(14-15-30)19-26(31)28-18-21-16-24(35-3)25(36-4)17-23(21)34-2/h6-7,9-10,16-17H,5,8,11-15,18-19H2,1-4H3,(H,28,31). The van der Waals surface area contributed by atoms with Gasteiger partial charge in [0.25, 0.3) is 0 Å². The van der Waals surface area contributed by atoms with Crippen LogP contribution in [0.5, 0.6) is 23.0 Å². The van der Waals surface area contributed by atoms with E-state index in [1.54, 1.807) is 40.6 Å². The first-order valence-electron chi connectivity index (χ1n) is 12.2. The summed E-state index contributed by atoms with van der Waals surface area (Å²) in [6.07, 6.45) is 2.01. The average Bonchev–Trinajstić information content (AvgIpc) is 3.15. The Bertz CT molecular complexity index is 1010. The van der Waals surface area contributed by atoms with Gasteiger partial charge in [-0.05, 0) is 36.6 Å². The Morgan fingerprint density at radius 3 is 2.19 bits per heavy atom. The van der Waals surface area contributed by atoms with E-state index in [1.165, 1.54) is 0 Å². The molecule has 196 valence electrons. The molecule has 0 unspecified atom stereocenters. The van der Waals surface area contributed by atoms with E-state index < -0.39 is 0 Å². The molecule has 1 N–H and O–H groups in total. The zero-order chi connectivity index (χ0) is 25.9. The molecule has 0 aromatic heterocycles. The summed E-state index contributed by atoms with van der Waals surface area (Å²) in [7, 11) is 6.35. The largest absolute Gasteiger partial charge is 0.497 e. The van der Waals surface area contributed by atoms with Crippen molar-refractivity contribution in [1.82, 2.24) is 15.1 Å². The van der Waals surface area contributed by atoms with E-state index in [1.807, 2.05) is 29.2 Å². The van der Waals surface area contributed by atoms with Crippen LogP contribution < -0.4 is 24.3 Å². The number of ether oxygens (including phenoxy) is 4. The Balaban J connectivity index is 1.45. The van der Waals surface area contributed by atoms with Crippen molar-refractivity contribution in [3.05, 3.63) is 47.5 Å². The van der Waals surface area contributed by atoms with Gasteiger partial charge in [-0.2, -0.15) is 0 Å². The summed E-state index contributed by atoms with van der Waals surface area (Å²) in [6, 6.07) is 11.4. The second kappa shape index (κ2) is 13.6. The quantitative estimate of drug-likeness (QED) is 0.508. The zero-order valence-electron chi connectivity index (χ0n) is 21.7. The molecule has 3 rings (SSSR count). The van der Waals surface area contributed by atoms with Crippen LogP contribution in [0.3, 0.4) is 0 Å². The van der Waals surface area contributed by atoms with Gasteiger partial charge in [-0.15, -0.1) is 0 Å². The van der Waals surface area contributed by atoms with Crippen LogP contribution in [-0.2, 0) is 22.6 Å². The van der Waals surface area contributed by atoms with Crippen molar-refractivity contribution in [2.24, 2.45) is 0 Å². The summed E-state index contributed by atoms with van der Waals surface area (Å²) < 4.78 is 21.3. The summed E-state index contributed by atoms with van der Waals surface area (Å²) in [5.41, 5.74) is 1.91. The van der Waals surface area contributed by atoms with Gasteiger partial charge in [0.2, 0.25) is 11.8 Å². The molecule has 1 aliphatic heterocycles. The van der Waals surface area contributed by atoms with E-state index in [9.17, 15) is 9.59 Å². The van der Waals surface area contributed by atoms with Crippen LogP contribution in [0, 0.1) is 0 Å². The second-order valence-corrected chi connectivity index (χ2v) is 8.65. The topological polar surface area (TPSA) is 89.6 Å². The van der Waals surface area contributed by atoms with Crippen LogP contribution in [-0.4, -0.2) is 82.8 Å². The maximum absolute atomic E-state index is 12.8. The molecule has 36 heavy (non-hydrogen) atoms. The van der Waals surface area contributed by atoms with Crippen LogP contribution in [0.1, 0.15) is 24.0 Å². The fourth-order valence-corrected chi connectivity index (χ4v) is 4.26. The number of carbonyl (C=O) groups is 2. The SMILES string of the molecule is COc1ccc(CCC(=O)N2CCCN(CC(=O)NCc3cc(OC)c(OC)cc3OC)CC2)cc1. The van der Waals surface area contributed by atoms with Crippen molar-refractivity contribution in [3.8, 4) is 23.0 Å². The number of hydrogen-bond donors (Lipinski definition) is 1. The number of nitrogens with one attached hydrogen (secondary N) is 1. The molecule has 9 heteroatoms. The summed E-state index contributed by atoms with van der Waals surface area (Å²) >= 11 is 0. The molecule has 1 heterocycles. The first-order chi connectivity index (χ1) is 17.5. The number of aryl methyl sites for hydroxylation is 1. The maximum Gasteiger partial charge on any atom is 0.234 e. The van der Waals surface area contributed by atoms with Crippen LogP contribution in [0.25, 0.3) is 0 Å². The molecule has 1 aliphatic rings. The molecule has 2 aromatic rings. The highest BCUT2D eigenvalue weighted by molar-refractivity contribution is 5.78. The van der Waals surface area contributed by atoms with E-state index in [2.05, 4.69) is 10.2 Å². The van der Waals surface area contributed by atoms with Crippen molar-refractivity contribution in [2.45, 2.75) is 25.8 Å². The van der Waals surface area contributed by atoms with E-state index >= 15 is 0 Å². The summed E-state index contributed by atoms with van der Waals surface area (Å²) in [5.74, 6) is 2.64. The fourth-order valence-electron chi connectivity index (χ4n) is 4.26. The minimum Gasteiger partial charge on any atom is -0.497 e. The highest BCUT2D eigenvalue weighted by Gasteiger charge is 2.21. The third-order valence-electron chi connectivity index (χ3n) is 6.36. The minimum absolute atomic E-state index is 0.0777. The Morgan fingerprint density at radius 2 is 1.53 bits per heavy atom. The van der Waals surface area contributed by atoms with Crippen LogP contribution in [0.4, 0.5) is 0 Å². The molecule has 2 amide bonds. The number of benzene rings is 2. The number of hydrogen-bond acceptors (Lipinski definition) is 7. The lowest BCUT2D eigenvalue weighted by molar-refractivity contribution is -0.131. The minimum atomic E-state index is -0.0777. The lowest BCUT2D eigenvalue weighted by atomic mass is 10.1. The zero-order valence-corrected chi connectivity index (χ0v) is 21.7. The predicted molar refractivity (Wildman–Crippen MR) is 137 cm³/mol. The summed E-state index contributed by atoms with van der Waals surface area (Å²) in [5, 5.41) is 2.96. The molecule has 0 saturated carbocycles. The normalized spacial score (nSPS) is 14.1. The van der Waals surface area contributed by atoms with Crippen molar-refractivity contribution < 1.29 is 28.5 Å². The van der Waals surface area contributed by atoms with E-state index in [-0.39, 0.29) is 18.4 Å². The monoisotopic (exact) mass is 499 g/mol. The summed E-state index contributed by atoms with van der Waals surface area (Å²) in [6.45, 7) is 3.37. The van der Waals surface area contributed by atoms with Crippen LogP contribution in [0.2, 0.25) is 0 Å². The smallest absolute Gasteiger partial charge is 0.234 e. The third-order valence-corrected chi connectivity index (χ3v) is 6.36. The van der Waals surface area contributed by atoms with Crippen molar-refractivity contribution in [1.29, 1.82) is 0 Å². The van der Waals surface area contributed by atoms with Gasteiger partial charge in [-0.25, -0.2) is 0 Å². The van der Waals surface area contributed by atoms with Gasteiger partial charge in [-0.1, -0.05) is 12.1 Å². The number of amides is 2. The first kappa shape index (κ1) is 27.1. The van der Waals surface area contributed by atoms with E-state index in [0.717, 1.165) is 29.8 Å².